The minimum absolute atomic E-state index is 0.811. The van der Waals surface area contributed by atoms with Gasteiger partial charge in [-0.1, -0.05) is 34.1 Å². The molecule has 86 valence electrons. The summed E-state index contributed by atoms with van der Waals surface area (Å²) in [5, 5.41) is 3.36. The maximum atomic E-state index is 4.40. The minimum Gasteiger partial charge on any atom is -0.352 e. The summed E-state index contributed by atoms with van der Waals surface area (Å²) in [5.74, 6) is 0.994. The van der Waals surface area contributed by atoms with Gasteiger partial charge in [-0.15, -0.1) is 0 Å². The molecule has 1 aromatic carbocycles. The van der Waals surface area contributed by atoms with Gasteiger partial charge in [-0.05, 0) is 18.1 Å². The molecule has 0 atom stereocenters. The molecule has 0 saturated carbocycles. The molecule has 0 fully saturated rings. The lowest BCUT2D eigenvalue weighted by molar-refractivity contribution is 0.534. The second-order valence-electron chi connectivity index (χ2n) is 4.03. The Morgan fingerprint density at radius 2 is 2.31 bits per heavy atom. The Morgan fingerprint density at radius 1 is 1.50 bits per heavy atom. The summed E-state index contributed by atoms with van der Waals surface area (Å²) >= 11 is 3.61. The van der Waals surface area contributed by atoms with Crippen LogP contribution in [0.1, 0.15) is 11.1 Å². The molecule has 16 heavy (non-hydrogen) atoms. The summed E-state index contributed by atoms with van der Waals surface area (Å²) < 4.78 is 1.18. The van der Waals surface area contributed by atoms with Crippen LogP contribution in [-0.2, 0) is 6.54 Å². The van der Waals surface area contributed by atoms with Crippen LogP contribution in [0.15, 0.2) is 27.7 Å². The molecule has 1 aromatic rings. The molecule has 0 saturated heterocycles. The molecule has 0 spiro atoms. The molecule has 0 aliphatic carbocycles. The number of benzene rings is 1. The number of aryl methyl sites for hydroxylation is 1. The second kappa shape index (κ2) is 4.87. The van der Waals surface area contributed by atoms with Crippen molar-refractivity contribution in [2.45, 2.75) is 13.5 Å². The fourth-order valence-electron chi connectivity index (χ4n) is 1.74. The Kier molecular flexibility index (Phi) is 3.49. The second-order valence-corrected chi connectivity index (χ2v) is 4.82. The lowest BCUT2D eigenvalue weighted by Gasteiger charge is -2.16. The van der Waals surface area contributed by atoms with Gasteiger partial charge in [-0.25, -0.2) is 0 Å². The molecule has 0 amide bonds. The summed E-state index contributed by atoms with van der Waals surface area (Å²) in [6, 6.07) is 6.31. The lowest BCUT2D eigenvalue weighted by atomic mass is 10.1. The number of aliphatic imine (C=N–C) groups is 1. The van der Waals surface area contributed by atoms with E-state index in [4.69, 9.17) is 0 Å². The highest BCUT2D eigenvalue weighted by atomic mass is 79.9. The Morgan fingerprint density at radius 3 is 3.00 bits per heavy atom. The van der Waals surface area contributed by atoms with Crippen LogP contribution in [0.5, 0.6) is 0 Å². The predicted molar refractivity (Wildman–Crippen MR) is 70.7 cm³/mol. The van der Waals surface area contributed by atoms with Gasteiger partial charge < -0.3 is 10.2 Å². The van der Waals surface area contributed by atoms with Crippen molar-refractivity contribution >= 4 is 21.9 Å². The summed E-state index contributed by atoms with van der Waals surface area (Å²) in [6.07, 6.45) is 0. The quantitative estimate of drug-likeness (QED) is 0.900. The van der Waals surface area contributed by atoms with Crippen molar-refractivity contribution in [3.05, 3.63) is 33.8 Å². The number of halogens is 1. The fraction of sp³-hybridized carbons (Fsp3) is 0.417. The van der Waals surface area contributed by atoms with Crippen LogP contribution in [0, 0.1) is 6.92 Å². The van der Waals surface area contributed by atoms with E-state index in [0.717, 1.165) is 25.6 Å². The Bertz CT molecular complexity index is 415. The van der Waals surface area contributed by atoms with Crippen LogP contribution in [0.3, 0.4) is 0 Å². The van der Waals surface area contributed by atoms with E-state index >= 15 is 0 Å². The number of rotatable bonds is 2. The molecule has 0 radical (unpaired) electrons. The highest BCUT2D eigenvalue weighted by Crippen LogP contribution is 2.20. The number of nitrogens with one attached hydrogen (secondary N) is 1. The number of guanidine groups is 1. The number of hydrogen-bond acceptors (Lipinski definition) is 3. The van der Waals surface area contributed by atoms with E-state index in [2.05, 4.69) is 63.3 Å². The SMILES string of the molecule is Cc1cccc(CNC2=NCCN2C)c1Br. The van der Waals surface area contributed by atoms with Crippen molar-refractivity contribution in [1.82, 2.24) is 10.2 Å². The maximum Gasteiger partial charge on any atom is 0.194 e. The largest absolute Gasteiger partial charge is 0.352 e. The first kappa shape index (κ1) is 11.5. The van der Waals surface area contributed by atoms with E-state index in [1.54, 1.807) is 0 Å². The van der Waals surface area contributed by atoms with Crippen molar-refractivity contribution in [3.63, 3.8) is 0 Å². The van der Waals surface area contributed by atoms with Gasteiger partial charge >= 0.3 is 0 Å². The molecule has 0 bridgehead atoms. The lowest BCUT2D eigenvalue weighted by Crippen LogP contribution is -2.35. The van der Waals surface area contributed by atoms with Crippen molar-refractivity contribution in [3.8, 4) is 0 Å². The average molecular weight is 282 g/mol. The topological polar surface area (TPSA) is 27.6 Å². The zero-order valence-corrected chi connectivity index (χ0v) is 11.2. The van der Waals surface area contributed by atoms with Gasteiger partial charge in [0.1, 0.15) is 0 Å². The molecule has 0 aromatic heterocycles. The highest BCUT2D eigenvalue weighted by molar-refractivity contribution is 9.10. The minimum atomic E-state index is 0.811. The fourth-order valence-corrected chi connectivity index (χ4v) is 2.15. The maximum absolute atomic E-state index is 4.40. The van der Waals surface area contributed by atoms with Gasteiger partial charge in [0.05, 0.1) is 6.54 Å². The average Bonchev–Trinajstić information content (AvgIpc) is 2.67. The zero-order chi connectivity index (χ0) is 11.5. The molecule has 1 heterocycles. The van der Waals surface area contributed by atoms with E-state index in [9.17, 15) is 0 Å². The Balaban J connectivity index is 2.02. The van der Waals surface area contributed by atoms with E-state index in [-0.39, 0.29) is 0 Å². The first-order valence-corrected chi connectivity index (χ1v) is 6.21. The van der Waals surface area contributed by atoms with Gasteiger partial charge in [0.15, 0.2) is 5.96 Å². The number of likely N-dealkylation sites (N-methyl/N-ethyl adjacent to an activating group) is 1. The van der Waals surface area contributed by atoms with Gasteiger partial charge in [-0.3, -0.25) is 4.99 Å². The van der Waals surface area contributed by atoms with Crippen LogP contribution in [0.4, 0.5) is 0 Å². The van der Waals surface area contributed by atoms with Crippen LogP contribution in [0.2, 0.25) is 0 Å². The van der Waals surface area contributed by atoms with Crippen molar-refractivity contribution in [1.29, 1.82) is 0 Å². The van der Waals surface area contributed by atoms with Crippen LogP contribution in [-0.4, -0.2) is 31.0 Å². The third kappa shape index (κ3) is 2.38. The first-order chi connectivity index (χ1) is 7.68. The van der Waals surface area contributed by atoms with Crippen molar-refractivity contribution in [2.75, 3.05) is 20.1 Å². The summed E-state index contributed by atoms with van der Waals surface area (Å²) in [7, 11) is 2.06. The monoisotopic (exact) mass is 281 g/mol. The van der Waals surface area contributed by atoms with Crippen molar-refractivity contribution in [2.24, 2.45) is 4.99 Å². The van der Waals surface area contributed by atoms with E-state index in [0.29, 0.717) is 0 Å². The van der Waals surface area contributed by atoms with Gasteiger partial charge in [0, 0.05) is 24.6 Å². The standard InChI is InChI=1S/C12H16BrN3/c1-9-4-3-5-10(11(9)13)8-15-12-14-6-7-16(12)2/h3-5H,6-8H2,1-2H3,(H,14,15). The molecule has 2 rings (SSSR count). The molecule has 3 nitrogen and oxygen atoms in total. The molecule has 1 aliphatic rings. The number of hydrogen-bond donors (Lipinski definition) is 1. The van der Waals surface area contributed by atoms with Crippen LogP contribution in [0.25, 0.3) is 0 Å². The Labute approximate surface area is 105 Å². The van der Waals surface area contributed by atoms with Gasteiger partial charge in [0.25, 0.3) is 0 Å². The van der Waals surface area contributed by atoms with Crippen LogP contribution >= 0.6 is 15.9 Å². The van der Waals surface area contributed by atoms with E-state index in [1.807, 2.05) is 0 Å². The van der Waals surface area contributed by atoms with Crippen molar-refractivity contribution < 1.29 is 0 Å². The molecule has 1 aliphatic heterocycles. The molecular formula is C12H16BrN3. The Hall–Kier alpha value is -1.03. The summed E-state index contributed by atoms with van der Waals surface area (Å²) in [5.41, 5.74) is 2.53. The normalized spacial score (nSPS) is 15.2. The van der Waals surface area contributed by atoms with Crippen LogP contribution < -0.4 is 5.32 Å². The molecule has 0 unspecified atom stereocenters. The summed E-state index contributed by atoms with van der Waals surface area (Å²) in [6.45, 7) is 4.82. The molecule has 1 N–H and O–H groups in total. The first-order valence-electron chi connectivity index (χ1n) is 5.42. The predicted octanol–water partition coefficient (Wildman–Crippen LogP) is 2.15. The summed E-state index contributed by atoms with van der Waals surface area (Å²) in [4.78, 5) is 6.54. The van der Waals surface area contributed by atoms with Gasteiger partial charge in [0.2, 0.25) is 0 Å². The molecular weight excluding hydrogens is 266 g/mol. The zero-order valence-electron chi connectivity index (χ0n) is 9.63. The highest BCUT2D eigenvalue weighted by Gasteiger charge is 2.12. The molecule has 4 heteroatoms. The third-order valence-corrected chi connectivity index (χ3v) is 3.90. The van der Waals surface area contributed by atoms with E-state index in [1.165, 1.54) is 15.6 Å². The number of nitrogens with zero attached hydrogens (tertiary/aromatic N) is 2. The third-order valence-electron chi connectivity index (χ3n) is 2.77. The van der Waals surface area contributed by atoms with E-state index < -0.39 is 0 Å². The smallest absolute Gasteiger partial charge is 0.194 e. The van der Waals surface area contributed by atoms with Gasteiger partial charge in [-0.2, -0.15) is 0 Å².